The topological polar surface area (TPSA) is 57.1 Å². The van der Waals surface area contributed by atoms with Crippen molar-refractivity contribution in [3.05, 3.63) is 0 Å². The average Bonchev–Trinajstić information content (AvgIpc) is 2.43. The van der Waals surface area contributed by atoms with E-state index in [4.69, 9.17) is 4.74 Å². The third-order valence-corrected chi connectivity index (χ3v) is 4.29. The van der Waals surface area contributed by atoms with Crippen LogP contribution >= 0.6 is 24.0 Å². The van der Waals surface area contributed by atoms with Gasteiger partial charge in [0.1, 0.15) is 0 Å². The summed E-state index contributed by atoms with van der Waals surface area (Å²) in [5.41, 5.74) is -0.537. The van der Waals surface area contributed by atoms with Gasteiger partial charge < -0.3 is 20.1 Å². The number of halogens is 1. The van der Waals surface area contributed by atoms with E-state index >= 15 is 0 Å². The fourth-order valence-corrected chi connectivity index (χ4v) is 2.86. The fourth-order valence-electron chi connectivity index (χ4n) is 2.86. The van der Waals surface area contributed by atoms with Crippen LogP contribution in [0, 0.1) is 0 Å². The van der Waals surface area contributed by atoms with E-state index in [-0.39, 0.29) is 24.0 Å². The maximum absolute atomic E-state index is 10.2. The summed E-state index contributed by atoms with van der Waals surface area (Å²) >= 11 is 0. The van der Waals surface area contributed by atoms with E-state index in [1.54, 1.807) is 0 Å². The molecule has 0 spiro atoms. The van der Waals surface area contributed by atoms with E-state index in [0.29, 0.717) is 12.6 Å². The van der Waals surface area contributed by atoms with Crippen molar-refractivity contribution in [2.75, 3.05) is 32.8 Å². The van der Waals surface area contributed by atoms with E-state index in [1.165, 1.54) is 0 Å². The third kappa shape index (κ3) is 5.56. The minimum Gasteiger partial charge on any atom is -0.388 e. The minimum atomic E-state index is -0.537. The smallest absolute Gasteiger partial charge is 0.194 e. The molecule has 6 heteroatoms. The molecule has 0 unspecified atom stereocenters. The van der Waals surface area contributed by atoms with Gasteiger partial charge in [-0.3, -0.25) is 4.99 Å². The lowest BCUT2D eigenvalue weighted by Crippen LogP contribution is -2.48. The van der Waals surface area contributed by atoms with Crippen molar-refractivity contribution in [2.24, 2.45) is 4.99 Å². The van der Waals surface area contributed by atoms with Gasteiger partial charge in [-0.05, 0) is 46.0 Å². The van der Waals surface area contributed by atoms with Gasteiger partial charge in [0.15, 0.2) is 5.96 Å². The monoisotopic (exact) mass is 411 g/mol. The highest BCUT2D eigenvalue weighted by atomic mass is 127. The SMILES string of the molecule is CCNC(=NCC1(O)CCC1)N1CCC(OCC)CC1.I. The summed E-state index contributed by atoms with van der Waals surface area (Å²) in [6.07, 6.45) is 5.42. The van der Waals surface area contributed by atoms with Gasteiger partial charge in [0.05, 0.1) is 18.2 Å². The first-order chi connectivity index (χ1) is 9.67. The highest BCUT2D eigenvalue weighted by Gasteiger charge is 2.34. The number of rotatable bonds is 5. The predicted octanol–water partition coefficient (Wildman–Crippen LogP) is 1.99. The molecule has 0 aromatic heterocycles. The Morgan fingerprint density at radius 2 is 2.00 bits per heavy atom. The number of likely N-dealkylation sites (tertiary alicyclic amines) is 1. The van der Waals surface area contributed by atoms with Crippen molar-refractivity contribution in [1.82, 2.24) is 10.2 Å². The zero-order valence-corrected chi connectivity index (χ0v) is 15.6. The summed E-state index contributed by atoms with van der Waals surface area (Å²) in [7, 11) is 0. The summed E-state index contributed by atoms with van der Waals surface area (Å²) in [6.45, 7) is 8.29. The van der Waals surface area contributed by atoms with Crippen LogP contribution in [-0.2, 0) is 4.74 Å². The van der Waals surface area contributed by atoms with Crippen LogP contribution in [0.25, 0.3) is 0 Å². The molecule has 124 valence electrons. The van der Waals surface area contributed by atoms with Gasteiger partial charge in [0.25, 0.3) is 0 Å². The first-order valence-corrected chi connectivity index (χ1v) is 8.04. The van der Waals surface area contributed by atoms with Crippen LogP contribution in [0.5, 0.6) is 0 Å². The second-order valence-corrected chi connectivity index (χ2v) is 5.89. The number of aliphatic imine (C=N–C) groups is 1. The summed E-state index contributed by atoms with van der Waals surface area (Å²) in [6, 6.07) is 0. The first kappa shape index (κ1) is 19.0. The summed E-state index contributed by atoms with van der Waals surface area (Å²) in [4.78, 5) is 6.94. The molecule has 1 aliphatic carbocycles. The summed E-state index contributed by atoms with van der Waals surface area (Å²) < 4.78 is 5.68. The molecule has 1 aliphatic heterocycles. The van der Waals surface area contributed by atoms with Crippen molar-refractivity contribution >= 4 is 29.9 Å². The molecule has 1 heterocycles. The van der Waals surface area contributed by atoms with E-state index < -0.39 is 5.60 Å². The second-order valence-electron chi connectivity index (χ2n) is 5.89. The highest BCUT2D eigenvalue weighted by Crippen LogP contribution is 2.31. The normalized spacial score (nSPS) is 22.4. The molecule has 2 fully saturated rings. The van der Waals surface area contributed by atoms with Crippen LogP contribution in [0.3, 0.4) is 0 Å². The van der Waals surface area contributed by atoms with Crippen molar-refractivity contribution in [3.8, 4) is 0 Å². The number of ether oxygens (including phenoxy) is 1. The molecule has 1 saturated carbocycles. The van der Waals surface area contributed by atoms with Crippen molar-refractivity contribution < 1.29 is 9.84 Å². The molecule has 2 rings (SSSR count). The van der Waals surface area contributed by atoms with Gasteiger partial charge in [0.2, 0.25) is 0 Å². The maximum atomic E-state index is 10.2. The standard InChI is InChI=1S/C15H29N3O2.HI/c1-3-16-14(17-12-15(19)8-5-9-15)18-10-6-13(7-11-18)20-4-2;/h13,19H,3-12H2,1-2H3,(H,16,17);1H. The molecule has 5 nitrogen and oxygen atoms in total. The Morgan fingerprint density at radius 3 is 2.48 bits per heavy atom. The van der Waals surface area contributed by atoms with Crippen LogP contribution in [0.15, 0.2) is 4.99 Å². The number of guanidine groups is 1. The number of nitrogens with one attached hydrogen (secondary N) is 1. The molecule has 2 aliphatic rings. The lowest BCUT2D eigenvalue weighted by molar-refractivity contribution is -0.0239. The molecule has 0 bridgehead atoms. The zero-order chi connectivity index (χ0) is 14.4. The van der Waals surface area contributed by atoms with Gasteiger partial charge in [0, 0.05) is 26.2 Å². The Balaban J connectivity index is 0.00000220. The molecule has 0 amide bonds. The predicted molar refractivity (Wildman–Crippen MR) is 96.4 cm³/mol. The Hall–Kier alpha value is -0.0800. The van der Waals surface area contributed by atoms with E-state index in [9.17, 15) is 5.11 Å². The van der Waals surface area contributed by atoms with Crippen LogP contribution in [0.2, 0.25) is 0 Å². The van der Waals surface area contributed by atoms with Gasteiger partial charge in [-0.15, -0.1) is 24.0 Å². The molecule has 1 saturated heterocycles. The van der Waals surface area contributed by atoms with Gasteiger partial charge in [-0.25, -0.2) is 0 Å². The number of nitrogens with zero attached hydrogens (tertiary/aromatic N) is 2. The van der Waals surface area contributed by atoms with Gasteiger partial charge in [-0.2, -0.15) is 0 Å². The van der Waals surface area contributed by atoms with Crippen LogP contribution in [0.4, 0.5) is 0 Å². The van der Waals surface area contributed by atoms with Crippen molar-refractivity contribution in [1.29, 1.82) is 0 Å². The molecule has 0 aromatic rings. The Labute approximate surface area is 145 Å². The van der Waals surface area contributed by atoms with Crippen LogP contribution < -0.4 is 5.32 Å². The van der Waals surface area contributed by atoms with Crippen LogP contribution in [-0.4, -0.2) is 60.5 Å². The lowest BCUT2D eigenvalue weighted by atomic mass is 9.80. The van der Waals surface area contributed by atoms with Crippen molar-refractivity contribution in [2.45, 2.75) is 57.7 Å². The highest BCUT2D eigenvalue weighted by molar-refractivity contribution is 14.0. The Bertz CT molecular complexity index is 327. The number of hydrogen-bond donors (Lipinski definition) is 2. The summed E-state index contributed by atoms with van der Waals surface area (Å²) in [5, 5.41) is 13.5. The lowest BCUT2D eigenvalue weighted by Gasteiger charge is -2.37. The van der Waals surface area contributed by atoms with Crippen LogP contribution in [0.1, 0.15) is 46.0 Å². The molecule has 2 N–H and O–H groups in total. The second kappa shape index (κ2) is 9.15. The maximum Gasteiger partial charge on any atom is 0.194 e. The number of piperidine rings is 1. The largest absolute Gasteiger partial charge is 0.388 e. The summed E-state index contributed by atoms with van der Waals surface area (Å²) in [5.74, 6) is 0.947. The Kier molecular flexibility index (Phi) is 8.26. The molecular weight excluding hydrogens is 381 g/mol. The molecule has 0 aromatic carbocycles. The number of aliphatic hydroxyl groups is 1. The number of hydrogen-bond acceptors (Lipinski definition) is 3. The van der Waals surface area contributed by atoms with E-state index in [1.807, 2.05) is 0 Å². The van der Waals surface area contributed by atoms with E-state index in [0.717, 1.165) is 64.3 Å². The quantitative estimate of drug-likeness (QED) is 0.413. The van der Waals surface area contributed by atoms with Gasteiger partial charge in [-0.1, -0.05) is 0 Å². The van der Waals surface area contributed by atoms with E-state index in [2.05, 4.69) is 29.1 Å². The van der Waals surface area contributed by atoms with Crippen molar-refractivity contribution in [3.63, 3.8) is 0 Å². The molecule has 0 atom stereocenters. The average molecular weight is 411 g/mol. The first-order valence-electron chi connectivity index (χ1n) is 8.04. The zero-order valence-electron chi connectivity index (χ0n) is 13.3. The fraction of sp³-hybridized carbons (Fsp3) is 0.933. The molecular formula is C15H30IN3O2. The molecule has 21 heavy (non-hydrogen) atoms. The van der Waals surface area contributed by atoms with Gasteiger partial charge >= 0.3 is 0 Å². The third-order valence-electron chi connectivity index (χ3n) is 4.29. The minimum absolute atomic E-state index is 0. The Morgan fingerprint density at radius 1 is 1.33 bits per heavy atom. The molecule has 0 radical (unpaired) electrons.